The molecular weight excluding hydrogens is 195 g/mol. The molecule has 0 radical (unpaired) electrons. The van der Waals surface area contributed by atoms with Crippen LogP contribution in [0, 0.1) is 0 Å². The number of hydrogen-bond donors (Lipinski definition) is 0. The van der Waals surface area contributed by atoms with Gasteiger partial charge in [-0.1, -0.05) is 25.1 Å². The van der Waals surface area contributed by atoms with Gasteiger partial charge in [0.2, 0.25) is 0 Å². The zero-order valence-corrected chi connectivity index (χ0v) is 8.28. The number of carbonyl (C=O) groups excluding carboxylic acids is 1. The molecule has 0 atom stereocenters. The summed E-state index contributed by atoms with van der Waals surface area (Å²) < 4.78 is 0. The highest BCUT2D eigenvalue weighted by molar-refractivity contribution is 6.67. The monoisotopic (exact) mass is 204 g/mol. The van der Waals surface area contributed by atoms with Crippen LogP contribution in [0.3, 0.4) is 0 Å². The first-order valence-electron chi connectivity index (χ1n) is 3.53. The SMILES string of the molecule is CCc1ccccc1C(=O)Cl.Cl. The maximum Gasteiger partial charge on any atom is 0.252 e. The lowest BCUT2D eigenvalue weighted by Crippen LogP contribution is -1.94. The quantitative estimate of drug-likeness (QED) is 0.678. The fourth-order valence-electron chi connectivity index (χ4n) is 1.02. The predicted octanol–water partition coefficient (Wildman–Crippen LogP) is 3.05. The Balaban J connectivity index is 0.00000121. The highest BCUT2D eigenvalue weighted by Gasteiger charge is 2.04. The van der Waals surface area contributed by atoms with Crippen molar-refractivity contribution in [2.24, 2.45) is 0 Å². The van der Waals surface area contributed by atoms with Gasteiger partial charge in [-0.25, -0.2) is 0 Å². The summed E-state index contributed by atoms with van der Waals surface area (Å²) in [6.07, 6.45) is 0.842. The van der Waals surface area contributed by atoms with Crippen LogP contribution in [0.5, 0.6) is 0 Å². The predicted molar refractivity (Wildman–Crippen MR) is 53.3 cm³/mol. The molecular formula is C9H10Cl2O. The van der Waals surface area contributed by atoms with E-state index in [-0.39, 0.29) is 17.6 Å². The van der Waals surface area contributed by atoms with Crippen LogP contribution < -0.4 is 0 Å². The fraction of sp³-hybridized carbons (Fsp3) is 0.222. The van der Waals surface area contributed by atoms with E-state index in [1.165, 1.54) is 0 Å². The summed E-state index contributed by atoms with van der Waals surface area (Å²) in [5, 5.41) is -0.373. The van der Waals surface area contributed by atoms with Crippen molar-refractivity contribution in [2.45, 2.75) is 13.3 Å². The van der Waals surface area contributed by atoms with Gasteiger partial charge in [0.05, 0.1) is 0 Å². The maximum atomic E-state index is 10.8. The Bertz CT molecular complexity index is 271. The molecule has 66 valence electrons. The first kappa shape index (κ1) is 11.5. The number of rotatable bonds is 2. The lowest BCUT2D eigenvalue weighted by atomic mass is 10.1. The van der Waals surface area contributed by atoms with Crippen molar-refractivity contribution in [3.8, 4) is 0 Å². The van der Waals surface area contributed by atoms with Gasteiger partial charge in [-0.15, -0.1) is 12.4 Å². The van der Waals surface area contributed by atoms with Gasteiger partial charge in [-0.3, -0.25) is 4.79 Å². The summed E-state index contributed by atoms with van der Waals surface area (Å²) in [6.45, 7) is 2.00. The topological polar surface area (TPSA) is 17.1 Å². The van der Waals surface area contributed by atoms with Crippen LogP contribution in [0.1, 0.15) is 22.8 Å². The van der Waals surface area contributed by atoms with Gasteiger partial charge >= 0.3 is 0 Å². The van der Waals surface area contributed by atoms with Crippen LogP contribution in [0.4, 0.5) is 0 Å². The second-order valence-electron chi connectivity index (χ2n) is 2.28. The van der Waals surface area contributed by atoms with E-state index < -0.39 is 0 Å². The van der Waals surface area contributed by atoms with E-state index in [2.05, 4.69) is 0 Å². The summed E-state index contributed by atoms with van der Waals surface area (Å²) in [7, 11) is 0. The number of carbonyl (C=O) groups is 1. The third-order valence-electron chi connectivity index (χ3n) is 1.61. The fourth-order valence-corrected chi connectivity index (χ4v) is 1.20. The standard InChI is InChI=1S/C9H9ClO.ClH/c1-2-7-5-3-4-6-8(7)9(10)11;/h3-6H,2H2,1H3;1H. The molecule has 0 saturated carbocycles. The molecule has 1 aromatic rings. The summed E-state index contributed by atoms with van der Waals surface area (Å²) in [5.74, 6) is 0. The van der Waals surface area contributed by atoms with Crippen LogP contribution >= 0.6 is 24.0 Å². The van der Waals surface area contributed by atoms with Crippen molar-refractivity contribution in [3.63, 3.8) is 0 Å². The van der Waals surface area contributed by atoms with E-state index in [9.17, 15) is 4.79 Å². The molecule has 0 aliphatic rings. The van der Waals surface area contributed by atoms with E-state index in [1.807, 2.05) is 25.1 Å². The van der Waals surface area contributed by atoms with E-state index >= 15 is 0 Å². The molecule has 0 bridgehead atoms. The molecule has 0 N–H and O–H groups in total. The summed E-state index contributed by atoms with van der Waals surface area (Å²) in [6, 6.07) is 7.38. The normalized spacial score (nSPS) is 8.83. The second kappa shape index (κ2) is 5.18. The highest BCUT2D eigenvalue weighted by Crippen LogP contribution is 2.11. The molecule has 0 saturated heterocycles. The lowest BCUT2D eigenvalue weighted by Gasteiger charge is -2.00. The Hall–Kier alpha value is -0.530. The van der Waals surface area contributed by atoms with Gasteiger partial charge in [0.25, 0.3) is 5.24 Å². The van der Waals surface area contributed by atoms with E-state index in [0.29, 0.717) is 5.56 Å². The van der Waals surface area contributed by atoms with Crippen molar-refractivity contribution in [3.05, 3.63) is 35.4 Å². The van der Waals surface area contributed by atoms with Crippen molar-refractivity contribution in [1.29, 1.82) is 0 Å². The van der Waals surface area contributed by atoms with Gasteiger partial charge in [0.15, 0.2) is 0 Å². The average molecular weight is 205 g/mol. The molecule has 0 aromatic heterocycles. The van der Waals surface area contributed by atoms with Gasteiger partial charge in [-0.2, -0.15) is 0 Å². The largest absolute Gasteiger partial charge is 0.276 e. The third kappa shape index (κ3) is 2.50. The summed E-state index contributed by atoms with van der Waals surface area (Å²) in [4.78, 5) is 10.8. The Labute approximate surface area is 83.1 Å². The Morgan fingerprint density at radius 3 is 2.42 bits per heavy atom. The molecule has 0 spiro atoms. The van der Waals surface area contributed by atoms with Crippen LogP contribution in [-0.2, 0) is 6.42 Å². The van der Waals surface area contributed by atoms with Gasteiger partial charge in [0, 0.05) is 5.56 Å². The van der Waals surface area contributed by atoms with Gasteiger partial charge < -0.3 is 0 Å². The average Bonchev–Trinajstić information content (AvgIpc) is 2.04. The van der Waals surface area contributed by atoms with Gasteiger partial charge in [-0.05, 0) is 29.7 Å². The number of hydrogen-bond acceptors (Lipinski definition) is 1. The van der Waals surface area contributed by atoms with E-state index in [4.69, 9.17) is 11.6 Å². The highest BCUT2D eigenvalue weighted by atomic mass is 35.5. The van der Waals surface area contributed by atoms with Crippen molar-refractivity contribution < 1.29 is 4.79 Å². The molecule has 0 fully saturated rings. The van der Waals surface area contributed by atoms with Crippen molar-refractivity contribution >= 4 is 29.3 Å². The number of benzene rings is 1. The number of halogens is 2. The molecule has 3 heteroatoms. The molecule has 0 heterocycles. The van der Waals surface area contributed by atoms with E-state index in [1.54, 1.807) is 6.07 Å². The smallest absolute Gasteiger partial charge is 0.252 e. The molecule has 0 aliphatic heterocycles. The lowest BCUT2D eigenvalue weighted by molar-refractivity contribution is 0.108. The minimum absolute atomic E-state index is 0. The minimum Gasteiger partial charge on any atom is -0.276 e. The molecule has 1 nitrogen and oxygen atoms in total. The molecule has 12 heavy (non-hydrogen) atoms. The Morgan fingerprint density at radius 1 is 1.42 bits per heavy atom. The van der Waals surface area contributed by atoms with Crippen LogP contribution in [0.2, 0.25) is 0 Å². The third-order valence-corrected chi connectivity index (χ3v) is 1.81. The number of aryl methyl sites for hydroxylation is 1. The Morgan fingerprint density at radius 2 is 2.00 bits per heavy atom. The first-order valence-corrected chi connectivity index (χ1v) is 3.91. The van der Waals surface area contributed by atoms with Crippen LogP contribution in [0.15, 0.2) is 24.3 Å². The summed E-state index contributed by atoms with van der Waals surface area (Å²) >= 11 is 5.35. The van der Waals surface area contributed by atoms with E-state index in [0.717, 1.165) is 12.0 Å². The van der Waals surface area contributed by atoms with Gasteiger partial charge in [0.1, 0.15) is 0 Å². The molecule has 1 aromatic carbocycles. The van der Waals surface area contributed by atoms with Crippen molar-refractivity contribution in [1.82, 2.24) is 0 Å². The van der Waals surface area contributed by atoms with Crippen molar-refractivity contribution in [2.75, 3.05) is 0 Å². The maximum absolute atomic E-state index is 10.8. The Kier molecular flexibility index (Phi) is 4.95. The zero-order valence-electron chi connectivity index (χ0n) is 6.71. The van der Waals surface area contributed by atoms with Crippen LogP contribution in [-0.4, -0.2) is 5.24 Å². The van der Waals surface area contributed by atoms with Crippen LogP contribution in [0.25, 0.3) is 0 Å². The zero-order chi connectivity index (χ0) is 8.27. The minimum atomic E-state index is -0.373. The molecule has 0 amide bonds. The second-order valence-corrected chi connectivity index (χ2v) is 2.63. The molecule has 0 aliphatic carbocycles. The summed E-state index contributed by atoms with van der Waals surface area (Å²) in [5.41, 5.74) is 1.63. The molecule has 0 unspecified atom stereocenters. The molecule has 1 rings (SSSR count). The first-order chi connectivity index (χ1) is 5.25.